The highest BCUT2D eigenvalue weighted by atomic mass is 35.5. The van der Waals surface area contributed by atoms with Gasteiger partial charge in [-0.05, 0) is 39.8 Å². The van der Waals surface area contributed by atoms with Crippen LogP contribution in [0.25, 0.3) is 0 Å². The lowest BCUT2D eigenvalue weighted by Gasteiger charge is -2.32. The molecular formula is C15H19BClNO4. The first-order valence-electron chi connectivity index (χ1n) is 7.03. The number of halogens is 1. The number of esters is 1. The first-order chi connectivity index (χ1) is 10.2. The van der Waals surface area contributed by atoms with E-state index in [2.05, 4.69) is 4.98 Å². The van der Waals surface area contributed by atoms with Crippen LogP contribution in [0.15, 0.2) is 30.4 Å². The molecule has 0 bridgehead atoms. The molecule has 7 heteroatoms. The molecular weight excluding hydrogens is 304 g/mol. The zero-order valence-corrected chi connectivity index (χ0v) is 13.9. The second-order valence-electron chi connectivity index (χ2n) is 5.99. The van der Waals surface area contributed by atoms with Gasteiger partial charge in [-0.15, -0.1) is 0 Å². The Kier molecular flexibility index (Phi) is 4.95. The van der Waals surface area contributed by atoms with E-state index in [4.69, 9.17) is 25.6 Å². The molecule has 1 saturated heterocycles. The molecule has 0 aliphatic carbocycles. The molecule has 0 saturated carbocycles. The summed E-state index contributed by atoms with van der Waals surface area (Å²) in [7, 11) is -0.453. The maximum atomic E-state index is 11.8. The van der Waals surface area contributed by atoms with Crippen molar-refractivity contribution in [2.75, 3.05) is 6.61 Å². The number of rotatable bonds is 4. The molecule has 0 aromatic carbocycles. The SMILES string of the molecule is CC1(C)OB(/C=C/COC(=O)c2cccnc2Cl)OC1(C)C. The maximum Gasteiger partial charge on any atom is 0.486 e. The number of pyridine rings is 1. The molecule has 0 N–H and O–H groups in total. The van der Waals surface area contributed by atoms with E-state index in [1.54, 1.807) is 24.2 Å². The fraction of sp³-hybridized carbons (Fsp3) is 0.467. The van der Waals surface area contributed by atoms with Gasteiger partial charge < -0.3 is 14.0 Å². The minimum atomic E-state index is -0.517. The summed E-state index contributed by atoms with van der Waals surface area (Å²) >= 11 is 5.83. The molecule has 1 aliphatic rings. The molecule has 2 rings (SSSR count). The van der Waals surface area contributed by atoms with Crippen molar-refractivity contribution in [3.8, 4) is 0 Å². The second-order valence-corrected chi connectivity index (χ2v) is 6.35. The molecule has 22 heavy (non-hydrogen) atoms. The van der Waals surface area contributed by atoms with Gasteiger partial charge in [-0.1, -0.05) is 23.7 Å². The Hall–Kier alpha value is -1.37. The molecule has 1 aromatic rings. The van der Waals surface area contributed by atoms with Crippen molar-refractivity contribution in [1.82, 2.24) is 4.98 Å². The summed E-state index contributed by atoms with van der Waals surface area (Å²) < 4.78 is 16.7. The highest BCUT2D eigenvalue weighted by molar-refractivity contribution is 6.51. The molecule has 0 spiro atoms. The summed E-state index contributed by atoms with van der Waals surface area (Å²) in [6.07, 6.45) is 3.20. The van der Waals surface area contributed by atoms with E-state index in [1.807, 2.05) is 27.7 Å². The van der Waals surface area contributed by atoms with Gasteiger partial charge in [-0.25, -0.2) is 9.78 Å². The van der Waals surface area contributed by atoms with Crippen molar-refractivity contribution >= 4 is 24.7 Å². The number of hydrogen-bond donors (Lipinski definition) is 0. The fourth-order valence-electron chi connectivity index (χ4n) is 1.87. The van der Waals surface area contributed by atoms with Crippen molar-refractivity contribution in [3.63, 3.8) is 0 Å². The van der Waals surface area contributed by atoms with E-state index in [9.17, 15) is 4.79 Å². The van der Waals surface area contributed by atoms with Gasteiger partial charge in [0, 0.05) is 6.20 Å². The van der Waals surface area contributed by atoms with Crippen LogP contribution < -0.4 is 0 Å². The predicted octanol–water partition coefficient (Wildman–Crippen LogP) is 3.08. The van der Waals surface area contributed by atoms with Crippen LogP contribution in [-0.2, 0) is 14.0 Å². The maximum absolute atomic E-state index is 11.8. The quantitative estimate of drug-likeness (QED) is 0.484. The third-order valence-corrected chi connectivity index (χ3v) is 4.16. The Balaban J connectivity index is 1.85. The lowest BCUT2D eigenvalue weighted by atomic mass is 9.90. The van der Waals surface area contributed by atoms with Gasteiger partial charge in [-0.2, -0.15) is 0 Å². The topological polar surface area (TPSA) is 57.7 Å². The molecule has 0 atom stereocenters. The number of hydrogen-bond acceptors (Lipinski definition) is 5. The van der Waals surface area contributed by atoms with Crippen LogP contribution in [0.1, 0.15) is 38.1 Å². The summed E-state index contributed by atoms with van der Waals surface area (Å²) in [6.45, 7) is 8.02. The number of ether oxygens (including phenoxy) is 1. The smallest absolute Gasteiger partial charge is 0.458 e. The van der Waals surface area contributed by atoms with Gasteiger partial charge in [-0.3, -0.25) is 0 Å². The van der Waals surface area contributed by atoms with E-state index in [-0.39, 0.29) is 28.5 Å². The monoisotopic (exact) mass is 323 g/mol. The van der Waals surface area contributed by atoms with Crippen LogP contribution in [0.5, 0.6) is 0 Å². The van der Waals surface area contributed by atoms with E-state index in [1.165, 1.54) is 6.20 Å². The average molecular weight is 324 g/mol. The molecule has 0 unspecified atom stereocenters. The van der Waals surface area contributed by atoms with Gasteiger partial charge in [0.25, 0.3) is 0 Å². The number of aromatic nitrogens is 1. The van der Waals surface area contributed by atoms with Crippen LogP contribution in [0.2, 0.25) is 5.15 Å². The van der Waals surface area contributed by atoms with Crippen LogP contribution in [0.3, 0.4) is 0 Å². The van der Waals surface area contributed by atoms with Gasteiger partial charge in [0.05, 0.1) is 16.8 Å². The highest BCUT2D eigenvalue weighted by Crippen LogP contribution is 2.36. The second kappa shape index (κ2) is 6.40. The van der Waals surface area contributed by atoms with Gasteiger partial charge in [0.15, 0.2) is 0 Å². The van der Waals surface area contributed by atoms with Crippen molar-refractivity contribution in [2.45, 2.75) is 38.9 Å². The van der Waals surface area contributed by atoms with E-state index >= 15 is 0 Å². The highest BCUT2D eigenvalue weighted by Gasteiger charge is 2.49. The van der Waals surface area contributed by atoms with Crippen LogP contribution in [-0.4, -0.2) is 35.9 Å². The Labute approximate surface area is 135 Å². The van der Waals surface area contributed by atoms with Crippen molar-refractivity contribution in [1.29, 1.82) is 0 Å². The molecule has 1 aliphatic heterocycles. The molecule has 5 nitrogen and oxygen atoms in total. The van der Waals surface area contributed by atoms with Crippen molar-refractivity contribution in [3.05, 3.63) is 41.1 Å². The summed E-state index contributed by atoms with van der Waals surface area (Å²) in [5, 5.41) is 0.127. The average Bonchev–Trinajstić information content (AvgIpc) is 2.63. The Morgan fingerprint density at radius 1 is 1.36 bits per heavy atom. The molecule has 118 valence electrons. The lowest BCUT2D eigenvalue weighted by molar-refractivity contribution is 0.00578. The Morgan fingerprint density at radius 3 is 2.59 bits per heavy atom. The van der Waals surface area contributed by atoms with Gasteiger partial charge in [0.1, 0.15) is 11.8 Å². The fourth-order valence-corrected chi connectivity index (χ4v) is 2.07. The van der Waals surface area contributed by atoms with E-state index in [0.29, 0.717) is 0 Å². The summed E-state index contributed by atoms with van der Waals surface area (Å²) in [5.74, 6) is 1.21. The zero-order chi connectivity index (χ0) is 16.4. The molecule has 2 heterocycles. The Morgan fingerprint density at radius 2 is 2.00 bits per heavy atom. The third kappa shape index (κ3) is 3.69. The third-order valence-electron chi connectivity index (χ3n) is 3.85. The molecule has 0 amide bonds. The summed E-state index contributed by atoms with van der Waals surface area (Å²) in [4.78, 5) is 15.7. The largest absolute Gasteiger partial charge is 0.486 e. The van der Waals surface area contributed by atoms with Crippen LogP contribution in [0.4, 0.5) is 0 Å². The summed E-state index contributed by atoms with van der Waals surface area (Å²) in [6, 6.07) is 3.19. The summed E-state index contributed by atoms with van der Waals surface area (Å²) in [5.41, 5.74) is -0.530. The lowest BCUT2D eigenvalue weighted by Crippen LogP contribution is -2.41. The Bertz CT molecular complexity index is 573. The first-order valence-corrected chi connectivity index (χ1v) is 7.41. The number of carbonyl (C=O) groups is 1. The first kappa shape index (κ1) is 17.0. The van der Waals surface area contributed by atoms with E-state index in [0.717, 1.165) is 0 Å². The number of carbonyl (C=O) groups excluding carboxylic acids is 1. The standard InChI is InChI=1S/C15H19BClNO4/c1-14(2)15(3,4)22-16(21-14)8-6-10-20-13(19)11-7-5-9-18-12(11)17/h5-9H,10H2,1-4H3/b8-6+. The predicted molar refractivity (Wildman–Crippen MR) is 84.8 cm³/mol. The number of nitrogens with zero attached hydrogens (tertiary/aromatic N) is 1. The van der Waals surface area contributed by atoms with Gasteiger partial charge >= 0.3 is 13.1 Å². The molecule has 1 fully saturated rings. The normalized spacial score (nSPS) is 19.6. The van der Waals surface area contributed by atoms with Gasteiger partial charge in [0.2, 0.25) is 0 Å². The van der Waals surface area contributed by atoms with Crippen LogP contribution >= 0.6 is 11.6 Å². The van der Waals surface area contributed by atoms with Crippen molar-refractivity contribution < 1.29 is 18.8 Å². The van der Waals surface area contributed by atoms with Crippen molar-refractivity contribution in [2.24, 2.45) is 0 Å². The molecule has 0 radical (unpaired) electrons. The molecule has 1 aromatic heterocycles. The van der Waals surface area contributed by atoms with Crippen LogP contribution in [0, 0.1) is 0 Å². The zero-order valence-electron chi connectivity index (χ0n) is 13.1. The minimum Gasteiger partial charge on any atom is -0.458 e. The minimum absolute atomic E-state index is 0.105. The van der Waals surface area contributed by atoms with E-state index < -0.39 is 13.1 Å².